The van der Waals surface area contributed by atoms with Gasteiger partial charge in [-0.3, -0.25) is 9.59 Å². The molecule has 1 fully saturated rings. The number of piperidine rings is 1. The van der Waals surface area contributed by atoms with Crippen molar-refractivity contribution in [3.05, 3.63) is 83.3 Å². The van der Waals surface area contributed by atoms with Gasteiger partial charge < -0.3 is 29.6 Å². The summed E-state index contributed by atoms with van der Waals surface area (Å²) < 4.78 is 12.8. The first kappa shape index (κ1) is 29.8. The fourth-order valence-corrected chi connectivity index (χ4v) is 5.62. The van der Waals surface area contributed by atoms with Crippen LogP contribution in [0.1, 0.15) is 31.2 Å². The Kier molecular flexibility index (Phi) is 9.41. The van der Waals surface area contributed by atoms with Gasteiger partial charge in [0, 0.05) is 35.8 Å². The van der Waals surface area contributed by atoms with Crippen molar-refractivity contribution in [1.29, 1.82) is 0 Å². The van der Waals surface area contributed by atoms with Crippen LogP contribution in [0.15, 0.2) is 72.2 Å². The number of pyridine rings is 2. The number of hydrogen-bond acceptors (Lipinski definition) is 7. The summed E-state index contributed by atoms with van der Waals surface area (Å²) in [5.74, 6) is 1.49. The van der Waals surface area contributed by atoms with E-state index in [0.717, 1.165) is 53.8 Å². The molecule has 2 aromatic heterocycles. The van der Waals surface area contributed by atoms with Crippen LogP contribution in [-0.2, 0) is 11.3 Å². The van der Waals surface area contributed by atoms with Crippen molar-refractivity contribution in [1.82, 2.24) is 14.5 Å². The molecule has 3 heterocycles. The van der Waals surface area contributed by atoms with Crippen LogP contribution in [0.5, 0.6) is 11.5 Å². The summed E-state index contributed by atoms with van der Waals surface area (Å²) in [7, 11) is 3.19. The molecular formula is C34H39N5O4. The van der Waals surface area contributed by atoms with Gasteiger partial charge in [-0.25, -0.2) is 4.98 Å². The Morgan fingerprint density at radius 2 is 1.77 bits per heavy atom. The normalized spacial score (nSPS) is 13.5. The summed E-state index contributed by atoms with van der Waals surface area (Å²) in [4.78, 5) is 33.4. The Balaban J connectivity index is 1.57. The number of aryl methyl sites for hydroxylation is 2. The molecule has 2 N–H and O–H groups in total. The molecule has 0 unspecified atom stereocenters. The zero-order chi connectivity index (χ0) is 30.3. The van der Waals surface area contributed by atoms with Gasteiger partial charge in [-0.15, -0.1) is 0 Å². The van der Waals surface area contributed by atoms with Crippen LogP contribution in [0.2, 0.25) is 0 Å². The average Bonchev–Trinajstić information content (AvgIpc) is 3.03. The summed E-state index contributed by atoms with van der Waals surface area (Å²) in [6, 6.07) is 14.9. The molecule has 4 aromatic rings. The van der Waals surface area contributed by atoms with Gasteiger partial charge in [0.15, 0.2) is 0 Å². The van der Waals surface area contributed by atoms with Crippen molar-refractivity contribution < 1.29 is 14.3 Å². The van der Waals surface area contributed by atoms with E-state index in [1.54, 1.807) is 26.5 Å². The second kappa shape index (κ2) is 13.6. The Morgan fingerprint density at radius 3 is 2.47 bits per heavy atom. The molecule has 0 spiro atoms. The molecule has 0 radical (unpaired) electrons. The monoisotopic (exact) mass is 581 g/mol. The molecule has 1 saturated heterocycles. The third-order valence-electron chi connectivity index (χ3n) is 7.91. The summed E-state index contributed by atoms with van der Waals surface area (Å²) in [6.45, 7) is 9.23. The van der Waals surface area contributed by atoms with Crippen molar-refractivity contribution in [2.45, 2.75) is 39.2 Å². The number of likely N-dealkylation sites (tertiary alicyclic amines) is 1. The van der Waals surface area contributed by atoms with Crippen molar-refractivity contribution >= 4 is 34.0 Å². The number of amides is 1. The summed E-state index contributed by atoms with van der Waals surface area (Å²) in [5.41, 5.74) is 4.25. The molecule has 1 amide bonds. The van der Waals surface area contributed by atoms with Gasteiger partial charge >= 0.3 is 0 Å². The Hall–Kier alpha value is -4.63. The third-order valence-corrected chi connectivity index (χ3v) is 7.91. The summed E-state index contributed by atoms with van der Waals surface area (Å²) in [5, 5.41) is 7.07. The fourth-order valence-electron chi connectivity index (χ4n) is 5.62. The first-order valence-corrected chi connectivity index (χ1v) is 14.7. The zero-order valence-corrected chi connectivity index (χ0v) is 25.1. The van der Waals surface area contributed by atoms with E-state index in [9.17, 15) is 9.59 Å². The first-order valence-electron chi connectivity index (χ1n) is 14.7. The number of anilines is 3. The average molecular weight is 582 g/mol. The van der Waals surface area contributed by atoms with Gasteiger partial charge in [-0.05, 0) is 87.3 Å². The number of benzene rings is 2. The number of carbonyl (C=O) groups is 1. The molecule has 1 aliphatic rings. The number of rotatable bonds is 11. The topological polar surface area (TPSA) is 97.7 Å². The molecular weight excluding hydrogens is 542 g/mol. The highest BCUT2D eigenvalue weighted by atomic mass is 16.5. The van der Waals surface area contributed by atoms with Crippen molar-refractivity contribution in [3.63, 3.8) is 0 Å². The Labute approximate surface area is 252 Å². The second-order valence-corrected chi connectivity index (χ2v) is 10.8. The molecule has 0 atom stereocenters. The Bertz CT molecular complexity index is 1670. The number of hydrogen-bond donors (Lipinski definition) is 2. The molecule has 9 nitrogen and oxygen atoms in total. The fraction of sp³-hybridized carbons (Fsp3) is 0.324. The van der Waals surface area contributed by atoms with E-state index in [1.807, 2.05) is 54.0 Å². The molecule has 0 saturated carbocycles. The number of methoxy groups -OCH3 is 2. The molecule has 1 aliphatic heterocycles. The second-order valence-electron chi connectivity index (χ2n) is 10.8. The standard InChI is InChI=1S/C34H39N5O4/c1-5-32(40)36-29-12-9-11-23(2)33(29)37-31-21-30-25(22-35-31)19-28(24-17-26(42-3)20-27(18-24)43-4)34(41)39(30)16-10-15-38-13-7-6-8-14-38/h5,9,11-12,17-22H,1,6-8,10,13-16H2,2-4H3,(H,35,37)(H,36,40). The quantitative estimate of drug-likeness (QED) is 0.206. The lowest BCUT2D eigenvalue weighted by atomic mass is 10.0. The predicted octanol–water partition coefficient (Wildman–Crippen LogP) is 6.13. The number of ether oxygens (including phenoxy) is 2. The van der Waals surface area contributed by atoms with E-state index in [-0.39, 0.29) is 11.5 Å². The third kappa shape index (κ3) is 6.89. The number of carbonyl (C=O) groups excluding carboxylic acids is 1. The van der Waals surface area contributed by atoms with Crippen LogP contribution >= 0.6 is 0 Å². The largest absolute Gasteiger partial charge is 0.497 e. The highest BCUT2D eigenvalue weighted by molar-refractivity contribution is 6.02. The van der Waals surface area contributed by atoms with Gasteiger partial charge in [0.25, 0.3) is 5.56 Å². The summed E-state index contributed by atoms with van der Waals surface area (Å²) in [6.07, 6.45) is 7.60. The maximum atomic E-state index is 14.2. The minimum atomic E-state index is -0.302. The number of nitrogens with one attached hydrogen (secondary N) is 2. The van der Waals surface area contributed by atoms with E-state index in [0.29, 0.717) is 35.1 Å². The van der Waals surface area contributed by atoms with Gasteiger partial charge in [0.05, 0.1) is 31.1 Å². The van der Waals surface area contributed by atoms with Crippen LogP contribution in [-0.4, -0.2) is 54.2 Å². The van der Waals surface area contributed by atoms with Crippen molar-refractivity contribution in [3.8, 4) is 22.6 Å². The van der Waals surface area contributed by atoms with E-state index >= 15 is 0 Å². The highest BCUT2D eigenvalue weighted by Gasteiger charge is 2.17. The molecule has 43 heavy (non-hydrogen) atoms. The molecule has 2 aromatic carbocycles. The number of aromatic nitrogens is 2. The van der Waals surface area contributed by atoms with Crippen LogP contribution < -0.4 is 25.7 Å². The molecule has 5 rings (SSSR count). The zero-order valence-electron chi connectivity index (χ0n) is 25.1. The summed E-state index contributed by atoms with van der Waals surface area (Å²) >= 11 is 0. The van der Waals surface area contributed by atoms with E-state index in [4.69, 9.17) is 14.5 Å². The van der Waals surface area contributed by atoms with E-state index in [1.165, 1.54) is 25.3 Å². The van der Waals surface area contributed by atoms with Crippen LogP contribution in [0.4, 0.5) is 17.2 Å². The van der Waals surface area contributed by atoms with Crippen molar-refractivity contribution in [2.75, 3.05) is 44.5 Å². The van der Waals surface area contributed by atoms with E-state index in [2.05, 4.69) is 22.1 Å². The number of para-hydroxylation sites is 1. The smallest absolute Gasteiger partial charge is 0.258 e. The molecule has 0 aliphatic carbocycles. The maximum Gasteiger partial charge on any atom is 0.258 e. The van der Waals surface area contributed by atoms with E-state index < -0.39 is 0 Å². The number of nitrogens with zero attached hydrogens (tertiary/aromatic N) is 3. The SMILES string of the molecule is C=CC(=O)Nc1cccc(C)c1Nc1cc2c(cn1)cc(-c1cc(OC)cc(OC)c1)c(=O)n2CCCN1CCCCC1. The molecule has 9 heteroatoms. The van der Waals surface area contributed by atoms with Gasteiger partial charge in [0.2, 0.25) is 5.91 Å². The minimum absolute atomic E-state index is 0.0894. The van der Waals surface area contributed by atoms with Gasteiger partial charge in [0.1, 0.15) is 17.3 Å². The Morgan fingerprint density at radius 1 is 1.02 bits per heavy atom. The molecule has 0 bridgehead atoms. The lowest BCUT2D eigenvalue weighted by Gasteiger charge is -2.26. The van der Waals surface area contributed by atoms with Crippen LogP contribution in [0.3, 0.4) is 0 Å². The molecule has 224 valence electrons. The number of fused-ring (bicyclic) bond motifs is 1. The van der Waals surface area contributed by atoms with Crippen molar-refractivity contribution in [2.24, 2.45) is 0 Å². The maximum absolute atomic E-state index is 14.2. The highest BCUT2D eigenvalue weighted by Crippen LogP contribution is 2.32. The lowest BCUT2D eigenvalue weighted by Crippen LogP contribution is -2.32. The predicted molar refractivity (Wildman–Crippen MR) is 173 cm³/mol. The first-order chi connectivity index (χ1) is 20.9. The lowest BCUT2D eigenvalue weighted by molar-refractivity contribution is -0.111. The minimum Gasteiger partial charge on any atom is -0.497 e. The van der Waals surface area contributed by atoms with Gasteiger partial charge in [-0.1, -0.05) is 25.1 Å². The van der Waals surface area contributed by atoms with Crippen LogP contribution in [0, 0.1) is 6.92 Å². The van der Waals surface area contributed by atoms with Gasteiger partial charge in [-0.2, -0.15) is 0 Å². The van der Waals surface area contributed by atoms with Crippen LogP contribution in [0.25, 0.3) is 22.0 Å².